The van der Waals surface area contributed by atoms with Gasteiger partial charge < -0.3 is 5.11 Å². The molecule has 0 atom stereocenters. The van der Waals surface area contributed by atoms with Crippen LogP contribution in [0.1, 0.15) is 13.3 Å². The van der Waals surface area contributed by atoms with Crippen LogP contribution in [0, 0.1) is 0 Å². The summed E-state index contributed by atoms with van der Waals surface area (Å²) in [6.45, 7) is 1.45. The summed E-state index contributed by atoms with van der Waals surface area (Å²) >= 11 is 0. The molecule has 0 saturated heterocycles. The van der Waals surface area contributed by atoms with Crippen LogP contribution in [0.25, 0.3) is 0 Å². The van der Waals surface area contributed by atoms with E-state index in [1.807, 2.05) is 6.92 Å². The quantitative estimate of drug-likeness (QED) is 0.665. The van der Waals surface area contributed by atoms with Gasteiger partial charge in [0.15, 0.2) is 0 Å². The lowest BCUT2D eigenvalue weighted by molar-refractivity contribution is -0.138. The molecule has 0 aromatic heterocycles. The van der Waals surface area contributed by atoms with Gasteiger partial charge in [-0.1, -0.05) is 6.92 Å². The minimum atomic E-state index is -2.46. The molecule has 5 heteroatoms. The largest absolute Gasteiger partial charge is 0.480 e. The third-order valence-electron chi connectivity index (χ3n) is 1.29. The van der Waals surface area contributed by atoms with Crippen molar-refractivity contribution in [2.45, 2.75) is 19.8 Å². The molecule has 0 amide bonds. The molecule has 12 heavy (non-hydrogen) atoms. The van der Waals surface area contributed by atoms with E-state index in [2.05, 4.69) is 0 Å². The van der Waals surface area contributed by atoms with Crippen LogP contribution in [0.2, 0.25) is 0 Å². The first-order chi connectivity index (χ1) is 5.56. The average molecular weight is 181 g/mol. The van der Waals surface area contributed by atoms with Gasteiger partial charge in [-0.25, -0.2) is 8.78 Å². The van der Waals surface area contributed by atoms with Crippen LogP contribution < -0.4 is 0 Å². The van der Waals surface area contributed by atoms with Crippen molar-refractivity contribution in [2.24, 2.45) is 0 Å². The summed E-state index contributed by atoms with van der Waals surface area (Å²) in [4.78, 5) is 11.4. The second-order valence-electron chi connectivity index (χ2n) is 2.52. The van der Waals surface area contributed by atoms with E-state index in [0.29, 0.717) is 13.0 Å². The average Bonchev–Trinajstić information content (AvgIpc) is 1.84. The van der Waals surface area contributed by atoms with Gasteiger partial charge in [-0.15, -0.1) is 0 Å². The molecule has 0 aliphatic carbocycles. The molecule has 0 rings (SSSR count). The number of hydrogen-bond acceptors (Lipinski definition) is 2. The van der Waals surface area contributed by atoms with Crippen LogP contribution in [0.4, 0.5) is 8.78 Å². The molecule has 0 fully saturated rings. The van der Waals surface area contributed by atoms with Crippen molar-refractivity contribution < 1.29 is 18.7 Å². The normalized spacial score (nSPS) is 11.1. The van der Waals surface area contributed by atoms with E-state index in [9.17, 15) is 13.6 Å². The van der Waals surface area contributed by atoms with E-state index >= 15 is 0 Å². The van der Waals surface area contributed by atoms with E-state index in [1.54, 1.807) is 0 Å². The summed E-state index contributed by atoms with van der Waals surface area (Å²) in [5, 5.41) is 8.34. The predicted molar refractivity (Wildman–Crippen MR) is 40.4 cm³/mol. The van der Waals surface area contributed by atoms with Crippen molar-refractivity contribution in [1.82, 2.24) is 4.90 Å². The lowest BCUT2D eigenvalue weighted by Gasteiger charge is -2.18. The summed E-state index contributed by atoms with van der Waals surface area (Å²) in [7, 11) is 0. The summed E-state index contributed by atoms with van der Waals surface area (Å²) < 4.78 is 23.6. The standard InChI is InChI=1S/C7H13F2NO2/c1-2-3-10(4-6(8)9)5-7(11)12/h6H,2-5H2,1H3,(H,11,12). The van der Waals surface area contributed by atoms with Gasteiger partial charge in [0.25, 0.3) is 6.43 Å². The maximum absolute atomic E-state index is 11.8. The third-order valence-corrected chi connectivity index (χ3v) is 1.29. The van der Waals surface area contributed by atoms with E-state index in [0.717, 1.165) is 0 Å². The Balaban J connectivity index is 3.77. The van der Waals surface area contributed by atoms with E-state index in [-0.39, 0.29) is 6.54 Å². The third kappa shape index (κ3) is 6.03. The van der Waals surface area contributed by atoms with Crippen molar-refractivity contribution in [2.75, 3.05) is 19.6 Å². The van der Waals surface area contributed by atoms with Crippen molar-refractivity contribution in [1.29, 1.82) is 0 Å². The number of carbonyl (C=O) groups is 1. The number of nitrogens with zero attached hydrogens (tertiary/aromatic N) is 1. The Morgan fingerprint density at radius 1 is 1.58 bits per heavy atom. The highest BCUT2D eigenvalue weighted by Gasteiger charge is 2.13. The minimum absolute atomic E-state index is 0.307. The molecule has 0 unspecified atom stereocenters. The fourth-order valence-corrected chi connectivity index (χ4v) is 0.938. The Labute approximate surface area is 70.0 Å². The monoisotopic (exact) mass is 181 g/mol. The van der Waals surface area contributed by atoms with E-state index in [4.69, 9.17) is 5.11 Å². The first kappa shape index (κ1) is 11.3. The molecule has 0 aliphatic heterocycles. The molecular weight excluding hydrogens is 168 g/mol. The molecule has 0 heterocycles. The fraction of sp³-hybridized carbons (Fsp3) is 0.857. The Bertz CT molecular complexity index is 141. The van der Waals surface area contributed by atoms with E-state index in [1.165, 1.54) is 4.90 Å². The van der Waals surface area contributed by atoms with Gasteiger partial charge in [-0.05, 0) is 13.0 Å². The Kier molecular flexibility index (Phi) is 5.53. The van der Waals surface area contributed by atoms with Crippen LogP contribution in [-0.4, -0.2) is 42.0 Å². The van der Waals surface area contributed by atoms with Crippen LogP contribution >= 0.6 is 0 Å². The molecule has 0 aliphatic rings. The summed E-state index contributed by atoms with van der Waals surface area (Å²) in [6.07, 6.45) is -1.78. The first-order valence-corrected chi connectivity index (χ1v) is 3.78. The van der Waals surface area contributed by atoms with Crippen LogP contribution in [0.5, 0.6) is 0 Å². The maximum Gasteiger partial charge on any atom is 0.317 e. The van der Waals surface area contributed by atoms with Gasteiger partial charge in [0.05, 0.1) is 13.1 Å². The molecule has 72 valence electrons. The van der Waals surface area contributed by atoms with Gasteiger partial charge in [0, 0.05) is 0 Å². The molecule has 0 aromatic rings. The van der Waals surface area contributed by atoms with Crippen LogP contribution in [0.15, 0.2) is 0 Å². The van der Waals surface area contributed by atoms with Crippen molar-refractivity contribution in [3.8, 4) is 0 Å². The van der Waals surface area contributed by atoms with Crippen LogP contribution in [-0.2, 0) is 4.79 Å². The van der Waals surface area contributed by atoms with Gasteiger partial charge >= 0.3 is 5.97 Å². The van der Waals surface area contributed by atoms with Gasteiger partial charge in [0.2, 0.25) is 0 Å². The second-order valence-corrected chi connectivity index (χ2v) is 2.52. The van der Waals surface area contributed by atoms with Gasteiger partial charge in [-0.3, -0.25) is 9.69 Å². The molecule has 0 radical (unpaired) electrons. The van der Waals surface area contributed by atoms with Crippen molar-refractivity contribution in [3.63, 3.8) is 0 Å². The second kappa shape index (κ2) is 5.88. The van der Waals surface area contributed by atoms with Crippen LogP contribution in [0.3, 0.4) is 0 Å². The number of rotatable bonds is 6. The number of carboxylic acids is 1. The zero-order valence-corrected chi connectivity index (χ0v) is 6.96. The van der Waals surface area contributed by atoms with Gasteiger partial charge in [0.1, 0.15) is 0 Å². The van der Waals surface area contributed by atoms with Gasteiger partial charge in [-0.2, -0.15) is 0 Å². The topological polar surface area (TPSA) is 40.5 Å². The van der Waals surface area contributed by atoms with E-state index < -0.39 is 18.9 Å². The first-order valence-electron chi connectivity index (χ1n) is 3.78. The fourth-order valence-electron chi connectivity index (χ4n) is 0.938. The Morgan fingerprint density at radius 2 is 2.17 bits per heavy atom. The molecule has 3 nitrogen and oxygen atoms in total. The number of alkyl halides is 2. The molecule has 0 aromatic carbocycles. The summed E-state index contributed by atoms with van der Waals surface area (Å²) in [5.74, 6) is -1.07. The highest BCUT2D eigenvalue weighted by Crippen LogP contribution is 1.98. The molecule has 0 bridgehead atoms. The molecular formula is C7H13F2NO2. The Hall–Kier alpha value is -0.710. The smallest absolute Gasteiger partial charge is 0.317 e. The lowest BCUT2D eigenvalue weighted by Crippen LogP contribution is -2.34. The summed E-state index contributed by atoms with van der Waals surface area (Å²) in [5.41, 5.74) is 0. The highest BCUT2D eigenvalue weighted by atomic mass is 19.3. The molecule has 0 spiro atoms. The highest BCUT2D eigenvalue weighted by molar-refractivity contribution is 5.69. The van der Waals surface area contributed by atoms with Crippen molar-refractivity contribution in [3.05, 3.63) is 0 Å². The SMILES string of the molecule is CCCN(CC(=O)O)CC(F)F. The predicted octanol–water partition coefficient (Wildman–Crippen LogP) is 1.05. The lowest BCUT2D eigenvalue weighted by atomic mass is 10.4. The number of hydrogen-bond donors (Lipinski definition) is 1. The molecule has 0 saturated carbocycles. The zero-order valence-electron chi connectivity index (χ0n) is 6.96. The maximum atomic E-state index is 11.8. The summed E-state index contributed by atoms with van der Waals surface area (Å²) in [6, 6.07) is 0. The minimum Gasteiger partial charge on any atom is -0.480 e. The molecule has 1 N–H and O–H groups in total. The number of aliphatic carboxylic acids is 1. The number of carboxylic acid groups (broad SMARTS) is 1. The van der Waals surface area contributed by atoms with Crippen molar-refractivity contribution >= 4 is 5.97 Å². The number of halogens is 2. The zero-order chi connectivity index (χ0) is 9.56. The Morgan fingerprint density at radius 3 is 2.50 bits per heavy atom.